The van der Waals surface area contributed by atoms with Gasteiger partial charge >= 0.3 is 12.0 Å². The second-order valence-corrected chi connectivity index (χ2v) is 5.79. The van der Waals surface area contributed by atoms with E-state index >= 15 is 0 Å². The van der Waals surface area contributed by atoms with Crippen molar-refractivity contribution < 1.29 is 19.5 Å². The number of carbonyl (C=O) groups excluding carboxylic acids is 2. The number of carboxylic acids is 1. The fourth-order valence-electron chi connectivity index (χ4n) is 2.77. The number of rotatable bonds is 5. The van der Waals surface area contributed by atoms with Crippen LogP contribution in [0.4, 0.5) is 4.79 Å². The lowest BCUT2D eigenvalue weighted by atomic mass is 9.66. The van der Waals surface area contributed by atoms with E-state index < -0.39 is 5.97 Å². The Morgan fingerprint density at radius 1 is 1.40 bits per heavy atom. The van der Waals surface area contributed by atoms with Gasteiger partial charge in [0.15, 0.2) is 0 Å². The molecule has 0 aromatic carbocycles. The minimum atomic E-state index is -0.818. The van der Waals surface area contributed by atoms with E-state index in [2.05, 4.69) is 16.0 Å². The van der Waals surface area contributed by atoms with Crippen LogP contribution in [0.1, 0.15) is 38.5 Å². The van der Waals surface area contributed by atoms with Crippen LogP contribution in [0, 0.1) is 5.41 Å². The molecular weight excluding hydrogens is 262 g/mol. The Balaban J connectivity index is 1.71. The highest BCUT2D eigenvalue weighted by Crippen LogP contribution is 2.43. The number of carboxylic acid groups (broad SMARTS) is 1. The lowest BCUT2D eigenvalue weighted by Gasteiger charge is -2.41. The third-order valence-electron chi connectivity index (χ3n) is 4.17. The Bertz CT molecular complexity index is 396. The van der Waals surface area contributed by atoms with Crippen LogP contribution in [0.3, 0.4) is 0 Å². The first kappa shape index (κ1) is 14.6. The van der Waals surface area contributed by atoms with Gasteiger partial charge in [-0.3, -0.25) is 9.59 Å². The van der Waals surface area contributed by atoms with Crippen molar-refractivity contribution in [3.8, 4) is 0 Å². The lowest BCUT2D eigenvalue weighted by molar-refractivity contribution is -0.141. The molecule has 2 fully saturated rings. The Hall–Kier alpha value is -1.79. The Kier molecular flexibility index (Phi) is 4.46. The van der Waals surface area contributed by atoms with Gasteiger partial charge in [-0.05, 0) is 24.7 Å². The molecule has 0 aromatic rings. The van der Waals surface area contributed by atoms with Gasteiger partial charge in [0.25, 0.3) is 0 Å². The van der Waals surface area contributed by atoms with Gasteiger partial charge in [-0.15, -0.1) is 0 Å². The van der Waals surface area contributed by atoms with E-state index in [1.807, 2.05) is 0 Å². The maximum Gasteiger partial charge on any atom is 0.315 e. The SMILES string of the molecule is O=C(O)CC1(CNC(=O)NC2CCC(=O)NC2)CCC1. The summed E-state index contributed by atoms with van der Waals surface area (Å²) < 4.78 is 0. The highest BCUT2D eigenvalue weighted by Gasteiger charge is 2.39. The van der Waals surface area contributed by atoms with Crippen LogP contribution in [0.5, 0.6) is 0 Å². The first-order chi connectivity index (χ1) is 9.49. The molecule has 2 aliphatic rings. The summed E-state index contributed by atoms with van der Waals surface area (Å²) in [7, 11) is 0. The number of aliphatic carboxylic acids is 1. The number of hydrogen-bond acceptors (Lipinski definition) is 3. The summed E-state index contributed by atoms with van der Waals surface area (Å²) in [4.78, 5) is 33.6. The third kappa shape index (κ3) is 3.85. The van der Waals surface area contributed by atoms with Crippen molar-refractivity contribution in [3.63, 3.8) is 0 Å². The molecule has 7 heteroatoms. The minimum absolute atomic E-state index is 0.0123. The van der Waals surface area contributed by atoms with Crippen molar-refractivity contribution in [3.05, 3.63) is 0 Å². The number of nitrogens with one attached hydrogen (secondary N) is 3. The van der Waals surface area contributed by atoms with Crippen molar-refractivity contribution >= 4 is 17.9 Å². The summed E-state index contributed by atoms with van der Waals surface area (Å²) in [5.74, 6) is -0.805. The summed E-state index contributed by atoms with van der Waals surface area (Å²) in [6.07, 6.45) is 3.88. The lowest BCUT2D eigenvalue weighted by Crippen LogP contribution is -2.53. The molecule has 0 bridgehead atoms. The van der Waals surface area contributed by atoms with Gasteiger partial charge in [0.1, 0.15) is 0 Å². The molecule has 2 rings (SSSR count). The fraction of sp³-hybridized carbons (Fsp3) is 0.769. The van der Waals surface area contributed by atoms with Crippen molar-refractivity contribution in [1.29, 1.82) is 0 Å². The average molecular weight is 283 g/mol. The van der Waals surface area contributed by atoms with Gasteiger partial charge in [0, 0.05) is 25.6 Å². The molecule has 7 nitrogen and oxygen atoms in total. The van der Waals surface area contributed by atoms with E-state index in [0.29, 0.717) is 25.9 Å². The highest BCUT2D eigenvalue weighted by atomic mass is 16.4. The summed E-state index contributed by atoms with van der Waals surface area (Å²) in [5.41, 5.74) is -0.274. The zero-order valence-electron chi connectivity index (χ0n) is 11.4. The summed E-state index contributed by atoms with van der Waals surface area (Å²) in [5, 5.41) is 17.2. The molecule has 0 spiro atoms. The minimum Gasteiger partial charge on any atom is -0.481 e. The molecule has 1 aliphatic heterocycles. The van der Waals surface area contributed by atoms with Crippen LogP contribution in [-0.2, 0) is 9.59 Å². The van der Waals surface area contributed by atoms with E-state index in [0.717, 1.165) is 19.3 Å². The predicted molar refractivity (Wildman–Crippen MR) is 71.1 cm³/mol. The number of piperidine rings is 1. The van der Waals surface area contributed by atoms with Crippen LogP contribution in [0.25, 0.3) is 0 Å². The van der Waals surface area contributed by atoms with Gasteiger partial charge in [-0.1, -0.05) is 6.42 Å². The first-order valence-corrected chi connectivity index (χ1v) is 7.02. The maximum absolute atomic E-state index is 11.8. The molecule has 1 atom stereocenters. The van der Waals surface area contributed by atoms with Gasteiger partial charge in [-0.2, -0.15) is 0 Å². The zero-order valence-corrected chi connectivity index (χ0v) is 11.4. The van der Waals surface area contributed by atoms with Crippen LogP contribution >= 0.6 is 0 Å². The van der Waals surface area contributed by atoms with Crippen molar-refractivity contribution in [2.24, 2.45) is 5.41 Å². The Morgan fingerprint density at radius 3 is 2.65 bits per heavy atom. The maximum atomic E-state index is 11.8. The molecular formula is C13H21N3O4. The van der Waals surface area contributed by atoms with Crippen LogP contribution in [0.15, 0.2) is 0 Å². The quantitative estimate of drug-likeness (QED) is 0.578. The van der Waals surface area contributed by atoms with Crippen molar-refractivity contribution in [1.82, 2.24) is 16.0 Å². The first-order valence-electron chi connectivity index (χ1n) is 7.02. The Morgan fingerprint density at radius 2 is 2.15 bits per heavy atom. The summed E-state index contributed by atoms with van der Waals surface area (Å²) >= 11 is 0. The third-order valence-corrected chi connectivity index (χ3v) is 4.17. The van der Waals surface area contributed by atoms with Gasteiger partial charge in [-0.25, -0.2) is 4.79 Å². The van der Waals surface area contributed by atoms with Crippen LogP contribution in [0.2, 0.25) is 0 Å². The molecule has 4 N–H and O–H groups in total. The number of carbonyl (C=O) groups is 3. The van der Waals surface area contributed by atoms with Gasteiger partial charge < -0.3 is 21.1 Å². The molecule has 20 heavy (non-hydrogen) atoms. The monoisotopic (exact) mass is 283 g/mol. The van der Waals surface area contributed by atoms with E-state index in [-0.39, 0.29) is 29.8 Å². The molecule has 1 saturated heterocycles. The highest BCUT2D eigenvalue weighted by molar-refractivity contribution is 5.78. The molecule has 1 saturated carbocycles. The van der Waals surface area contributed by atoms with Crippen LogP contribution in [-0.4, -0.2) is 42.1 Å². The standard InChI is InChI=1S/C13H21N3O4/c17-10-3-2-9(7-14-10)16-12(20)15-8-13(4-1-5-13)6-11(18)19/h9H,1-8H2,(H,14,17)(H,18,19)(H2,15,16,20). The van der Waals surface area contributed by atoms with Crippen LogP contribution < -0.4 is 16.0 Å². The summed E-state index contributed by atoms with van der Waals surface area (Å²) in [6.45, 7) is 0.844. The average Bonchev–Trinajstić information content (AvgIpc) is 2.35. The molecule has 3 amide bonds. The smallest absolute Gasteiger partial charge is 0.315 e. The molecule has 0 aromatic heterocycles. The number of amides is 3. The molecule has 0 radical (unpaired) electrons. The van der Waals surface area contributed by atoms with Crippen molar-refractivity contribution in [2.75, 3.05) is 13.1 Å². The predicted octanol–water partition coefficient (Wildman–Crippen LogP) is 0.209. The Labute approximate surface area is 117 Å². The van der Waals surface area contributed by atoms with Crippen molar-refractivity contribution in [2.45, 2.75) is 44.6 Å². The summed E-state index contributed by atoms with van der Waals surface area (Å²) in [6, 6.07) is -0.340. The zero-order chi connectivity index (χ0) is 14.6. The number of hydrogen-bond donors (Lipinski definition) is 4. The topological polar surface area (TPSA) is 108 Å². The largest absolute Gasteiger partial charge is 0.481 e. The van der Waals surface area contributed by atoms with E-state index in [9.17, 15) is 14.4 Å². The fourth-order valence-corrected chi connectivity index (χ4v) is 2.77. The second kappa shape index (κ2) is 6.11. The molecule has 1 heterocycles. The molecule has 112 valence electrons. The normalized spacial score (nSPS) is 24.2. The number of urea groups is 1. The van der Waals surface area contributed by atoms with Gasteiger partial charge in [0.05, 0.1) is 6.42 Å². The van der Waals surface area contributed by atoms with E-state index in [1.54, 1.807) is 0 Å². The second-order valence-electron chi connectivity index (χ2n) is 5.79. The molecule has 1 aliphatic carbocycles. The van der Waals surface area contributed by atoms with E-state index in [1.165, 1.54) is 0 Å². The van der Waals surface area contributed by atoms with Gasteiger partial charge in [0.2, 0.25) is 5.91 Å². The van der Waals surface area contributed by atoms with E-state index in [4.69, 9.17) is 5.11 Å². The molecule has 1 unspecified atom stereocenters.